The third-order valence-electron chi connectivity index (χ3n) is 3.56. The summed E-state index contributed by atoms with van der Waals surface area (Å²) in [6, 6.07) is 18.5. The molecule has 0 aliphatic heterocycles. The molecule has 0 saturated carbocycles. The van der Waals surface area contributed by atoms with Crippen LogP contribution in [0.25, 0.3) is 0 Å². The molecule has 0 heterocycles. The van der Waals surface area contributed by atoms with E-state index in [-0.39, 0.29) is 5.41 Å². The van der Waals surface area contributed by atoms with Crippen LogP contribution in [0.3, 0.4) is 0 Å². The molecule has 0 radical (unpaired) electrons. The van der Waals surface area contributed by atoms with Crippen molar-refractivity contribution >= 4 is 0 Å². The summed E-state index contributed by atoms with van der Waals surface area (Å²) >= 11 is 0. The fourth-order valence-electron chi connectivity index (χ4n) is 2.46. The van der Waals surface area contributed by atoms with Crippen LogP contribution in [-0.2, 0) is 5.41 Å². The van der Waals surface area contributed by atoms with E-state index in [0.29, 0.717) is 0 Å². The van der Waals surface area contributed by atoms with Crippen molar-refractivity contribution in [1.82, 2.24) is 0 Å². The Balaban J connectivity index is 2.17. The molecular weight excluding hydrogens is 244 g/mol. The second-order valence-corrected chi connectivity index (χ2v) is 4.67. The predicted molar refractivity (Wildman–Crippen MR) is 79.9 cm³/mol. The third-order valence-corrected chi connectivity index (χ3v) is 3.56. The molecule has 3 rings (SSSR count). The Labute approximate surface area is 118 Å². The van der Waals surface area contributed by atoms with Gasteiger partial charge in [-0.25, -0.2) is 0 Å². The van der Waals surface area contributed by atoms with Crippen LogP contribution < -0.4 is 4.74 Å². The van der Waals surface area contributed by atoms with Crippen LogP contribution in [0.2, 0.25) is 0 Å². The summed E-state index contributed by atoms with van der Waals surface area (Å²) in [5.74, 6) is 0.854. The van der Waals surface area contributed by atoms with Gasteiger partial charge in [-0.2, -0.15) is 0 Å². The Bertz CT molecular complexity index is 716. The van der Waals surface area contributed by atoms with Crippen LogP contribution in [0.1, 0.15) is 11.1 Å². The Morgan fingerprint density at radius 2 is 1.40 bits per heavy atom. The van der Waals surface area contributed by atoms with E-state index in [1.807, 2.05) is 42.5 Å². The zero-order chi connectivity index (χ0) is 13.8. The van der Waals surface area contributed by atoms with Gasteiger partial charge in [0.05, 0.1) is 12.5 Å². The molecule has 1 aliphatic rings. The molecular formula is C19H14O. The van der Waals surface area contributed by atoms with E-state index in [1.165, 1.54) is 5.56 Å². The molecule has 0 aromatic heterocycles. The average molecular weight is 258 g/mol. The summed E-state index contributed by atoms with van der Waals surface area (Å²) in [6.45, 7) is 0. The number of benzene rings is 2. The van der Waals surface area contributed by atoms with Gasteiger partial charge in [-0.3, -0.25) is 0 Å². The van der Waals surface area contributed by atoms with Gasteiger partial charge in [-0.1, -0.05) is 53.9 Å². The minimum absolute atomic E-state index is 0.335. The number of allylic oxidation sites excluding steroid dienone is 2. The lowest BCUT2D eigenvalue weighted by molar-refractivity contribution is 0.414. The molecule has 0 N–H and O–H groups in total. The number of hydrogen-bond acceptors (Lipinski definition) is 1. The second kappa shape index (κ2) is 5.13. The topological polar surface area (TPSA) is 9.23 Å². The first-order valence-corrected chi connectivity index (χ1v) is 6.50. The molecule has 1 heteroatoms. The maximum Gasteiger partial charge on any atom is 0.118 e. The first-order chi connectivity index (χ1) is 9.85. The lowest BCUT2D eigenvalue weighted by Crippen LogP contribution is -2.22. The number of methoxy groups -OCH3 is 1. The average Bonchev–Trinajstić information content (AvgIpc) is 2.56. The van der Waals surface area contributed by atoms with Crippen molar-refractivity contribution in [2.24, 2.45) is 0 Å². The molecule has 1 nitrogen and oxygen atoms in total. The fraction of sp³-hybridized carbons (Fsp3) is 0.105. The molecule has 0 unspecified atom stereocenters. The zero-order valence-corrected chi connectivity index (χ0v) is 11.3. The number of rotatable bonds is 3. The van der Waals surface area contributed by atoms with E-state index < -0.39 is 0 Å². The quantitative estimate of drug-likeness (QED) is 0.756. The van der Waals surface area contributed by atoms with Crippen molar-refractivity contribution in [1.29, 1.82) is 0 Å². The molecule has 0 atom stereocenters. The van der Waals surface area contributed by atoms with E-state index in [9.17, 15) is 0 Å². The van der Waals surface area contributed by atoms with Gasteiger partial charge in [0, 0.05) is 0 Å². The van der Waals surface area contributed by atoms with Crippen LogP contribution in [-0.4, -0.2) is 7.11 Å². The monoisotopic (exact) mass is 258 g/mol. The molecule has 20 heavy (non-hydrogen) atoms. The molecule has 0 bridgehead atoms. The van der Waals surface area contributed by atoms with Crippen LogP contribution in [0.5, 0.6) is 5.75 Å². The first-order valence-electron chi connectivity index (χ1n) is 6.50. The normalized spacial score (nSPS) is 14.4. The van der Waals surface area contributed by atoms with Gasteiger partial charge in [-0.05, 0) is 41.1 Å². The lowest BCUT2D eigenvalue weighted by atomic mass is 9.74. The van der Waals surface area contributed by atoms with Gasteiger partial charge in [0.15, 0.2) is 0 Å². The molecule has 0 spiro atoms. The highest BCUT2D eigenvalue weighted by Crippen LogP contribution is 2.36. The van der Waals surface area contributed by atoms with Crippen LogP contribution in [0, 0.1) is 0 Å². The van der Waals surface area contributed by atoms with Gasteiger partial charge >= 0.3 is 0 Å². The summed E-state index contributed by atoms with van der Waals surface area (Å²) in [6.07, 6.45) is 4.06. The Morgan fingerprint density at radius 3 is 2.00 bits per heavy atom. The molecule has 2 aromatic carbocycles. The Morgan fingerprint density at radius 1 is 0.800 bits per heavy atom. The highest BCUT2D eigenvalue weighted by Gasteiger charge is 2.29. The van der Waals surface area contributed by atoms with Gasteiger partial charge in [0.1, 0.15) is 5.75 Å². The predicted octanol–water partition coefficient (Wildman–Crippen LogP) is 4.02. The maximum absolute atomic E-state index is 5.23. The maximum atomic E-state index is 5.23. The highest BCUT2D eigenvalue weighted by molar-refractivity contribution is 5.51. The molecule has 0 saturated heterocycles. The minimum Gasteiger partial charge on any atom is -0.497 e. The van der Waals surface area contributed by atoms with Crippen molar-refractivity contribution in [3.63, 3.8) is 0 Å². The number of ether oxygens (including phenoxy) is 1. The van der Waals surface area contributed by atoms with E-state index in [0.717, 1.165) is 11.3 Å². The van der Waals surface area contributed by atoms with Crippen molar-refractivity contribution in [2.75, 3.05) is 7.11 Å². The lowest BCUT2D eigenvalue weighted by Gasteiger charge is -2.27. The molecule has 0 amide bonds. The summed E-state index contributed by atoms with van der Waals surface area (Å²) in [5.41, 5.74) is 11.0. The van der Waals surface area contributed by atoms with Gasteiger partial charge in [0.25, 0.3) is 0 Å². The molecule has 0 fully saturated rings. The SMILES string of the molecule is COc1ccc(C2(c3ccccc3)C=C=C=C=C2)cc1. The highest BCUT2D eigenvalue weighted by atomic mass is 16.5. The summed E-state index contributed by atoms with van der Waals surface area (Å²) in [7, 11) is 1.67. The van der Waals surface area contributed by atoms with Gasteiger partial charge < -0.3 is 4.74 Å². The fourth-order valence-corrected chi connectivity index (χ4v) is 2.46. The molecule has 1 aliphatic carbocycles. The largest absolute Gasteiger partial charge is 0.497 e. The Hall–Kier alpha value is -2.68. The van der Waals surface area contributed by atoms with E-state index >= 15 is 0 Å². The first kappa shape index (κ1) is 12.4. The second-order valence-electron chi connectivity index (χ2n) is 4.67. The minimum atomic E-state index is -0.335. The van der Waals surface area contributed by atoms with Crippen LogP contribution in [0.4, 0.5) is 0 Å². The number of hydrogen-bond donors (Lipinski definition) is 0. The zero-order valence-electron chi connectivity index (χ0n) is 11.3. The van der Waals surface area contributed by atoms with Gasteiger partial charge in [0.2, 0.25) is 0 Å². The Kier molecular flexibility index (Phi) is 3.17. The summed E-state index contributed by atoms with van der Waals surface area (Å²) in [4.78, 5) is 0. The summed E-state index contributed by atoms with van der Waals surface area (Å²) < 4.78 is 5.23. The van der Waals surface area contributed by atoms with Crippen molar-refractivity contribution in [3.05, 3.63) is 95.1 Å². The van der Waals surface area contributed by atoms with Crippen LogP contribution in [0.15, 0.2) is 83.9 Å². The third kappa shape index (κ3) is 2.03. The van der Waals surface area contributed by atoms with Crippen molar-refractivity contribution < 1.29 is 4.74 Å². The molecule has 2 aromatic rings. The molecule has 96 valence electrons. The van der Waals surface area contributed by atoms with Gasteiger partial charge in [-0.15, -0.1) is 0 Å². The van der Waals surface area contributed by atoms with E-state index in [2.05, 4.69) is 41.5 Å². The standard InChI is InChI=1S/C19H14O/c1-20-18-12-10-17(11-13-18)19(14-6-3-7-15-19)16-8-4-2-5-9-16/h2,4-5,8-15H,1H3. The summed E-state index contributed by atoms with van der Waals surface area (Å²) in [5, 5.41) is 0. The van der Waals surface area contributed by atoms with Crippen molar-refractivity contribution in [2.45, 2.75) is 5.41 Å². The van der Waals surface area contributed by atoms with Crippen LogP contribution >= 0.6 is 0 Å². The van der Waals surface area contributed by atoms with E-state index in [1.54, 1.807) is 7.11 Å². The van der Waals surface area contributed by atoms with E-state index in [4.69, 9.17) is 4.74 Å². The van der Waals surface area contributed by atoms with Crippen molar-refractivity contribution in [3.8, 4) is 5.75 Å². The smallest absolute Gasteiger partial charge is 0.118 e.